The highest BCUT2D eigenvalue weighted by molar-refractivity contribution is 9.10. The number of halogens is 1. The van der Waals surface area contributed by atoms with E-state index >= 15 is 0 Å². The summed E-state index contributed by atoms with van der Waals surface area (Å²) in [5.41, 5.74) is 4.71. The van der Waals surface area contributed by atoms with Crippen LogP contribution in [0.4, 0.5) is 0 Å². The Labute approximate surface area is 157 Å². The molecule has 1 saturated heterocycles. The van der Waals surface area contributed by atoms with Gasteiger partial charge < -0.3 is 14.7 Å². The number of ether oxygens (including phenoxy) is 1. The first-order chi connectivity index (χ1) is 12.4. The normalized spacial score (nSPS) is 15.6. The van der Waals surface area contributed by atoms with Crippen LogP contribution in [0.15, 0.2) is 33.9 Å². The van der Waals surface area contributed by atoms with Gasteiger partial charge in [0.15, 0.2) is 0 Å². The van der Waals surface area contributed by atoms with Crippen LogP contribution >= 0.6 is 15.9 Å². The van der Waals surface area contributed by atoms with E-state index in [2.05, 4.69) is 36.7 Å². The van der Waals surface area contributed by atoms with Gasteiger partial charge in [0.25, 0.3) is 11.8 Å². The zero-order valence-electron chi connectivity index (χ0n) is 13.4. The maximum atomic E-state index is 12.5. The van der Waals surface area contributed by atoms with Gasteiger partial charge in [0.05, 0.1) is 13.2 Å². The van der Waals surface area contributed by atoms with Crippen LogP contribution in [0.2, 0.25) is 0 Å². The molecule has 1 fully saturated rings. The zero-order valence-corrected chi connectivity index (χ0v) is 15.8. The highest BCUT2D eigenvalue weighted by Gasteiger charge is 2.28. The summed E-state index contributed by atoms with van der Waals surface area (Å²) in [5.74, 6) is -1.22. The molecule has 0 atom stereocenters. The highest BCUT2D eigenvalue weighted by atomic mass is 79.9. The summed E-state index contributed by atoms with van der Waals surface area (Å²) in [5, 5.41) is 0. The Balaban J connectivity index is 1.63. The molecule has 2 aromatic rings. The minimum absolute atomic E-state index is 0.00445. The third kappa shape index (κ3) is 3.98. The Bertz CT molecular complexity index is 916. The van der Waals surface area contributed by atoms with Crippen molar-refractivity contribution in [2.75, 3.05) is 26.3 Å². The summed E-state index contributed by atoms with van der Waals surface area (Å²) in [6, 6.07) is 2.76. The number of morpholine rings is 1. The van der Waals surface area contributed by atoms with Gasteiger partial charge in [-0.3, -0.25) is 20.4 Å². The third-order valence-electron chi connectivity index (χ3n) is 3.69. The molecule has 2 amide bonds. The van der Waals surface area contributed by atoms with Crippen molar-refractivity contribution in [1.29, 1.82) is 0 Å². The molecule has 2 aromatic heterocycles. The Morgan fingerprint density at radius 3 is 2.19 bits per heavy atom. The molecule has 3 heterocycles. The van der Waals surface area contributed by atoms with Gasteiger partial charge in [-0.15, -0.1) is 0 Å². The number of rotatable bonds is 4. The number of aromatic nitrogens is 2. The third-order valence-corrected chi connectivity index (χ3v) is 6.03. The van der Waals surface area contributed by atoms with Gasteiger partial charge in [0.2, 0.25) is 10.0 Å². The molecule has 10 nitrogen and oxygen atoms in total. The molecule has 0 bridgehead atoms. The second-order valence-electron chi connectivity index (χ2n) is 5.41. The molecule has 0 saturated carbocycles. The number of hydrogen-bond donors (Lipinski definition) is 4. The monoisotopic (exact) mass is 445 g/mol. The van der Waals surface area contributed by atoms with E-state index in [0.717, 1.165) is 0 Å². The Kier molecular flexibility index (Phi) is 5.46. The van der Waals surface area contributed by atoms with Crippen LogP contribution in [0.1, 0.15) is 21.0 Å². The molecule has 12 heteroatoms. The van der Waals surface area contributed by atoms with Gasteiger partial charge in [-0.05, 0) is 28.1 Å². The largest absolute Gasteiger partial charge is 0.379 e. The molecular weight excluding hydrogens is 430 g/mol. The van der Waals surface area contributed by atoms with Crippen LogP contribution in [0, 0.1) is 0 Å². The Morgan fingerprint density at radius 2 is 1.62 bits per heavy atom. The molecule has 1 aliphatic heterocycles. The molecule has 3 rings (SSSR count). The predicted molar refractivity (Wildman–Crippen MR) is 93.8 cm³/mol. The summed E-state index contributed by atoms with van der Waals surface area (Å²) in [4.78, 5) is 29.3. The standard InChI is InChI=1S/C14H16BrN5O5S/c15-9-5-11(16-7-9)13(21)18-19-14(22)12-6-10(8-17-12)26(23,24)20-1-3-25-4-2-20/h5-8,16-17H,1-4H2,(H,18,21)(H,19,22). The van der Waals surface area contributed by atoms with Gasteiger partial charge in [-0.25, -0.2) is 8.42 Å². The number of aromatic amines is 2. The number of carbonyl (C=O) groups is 2. The fourth-order valence-corrected chi connectivity index (χ4v) is 4.08. The Morgan fingerprint density at radius 1 is 1.04 bits per heavy atom. The number of hydrogen-bond acceptors (Lipinski definition) is 5. The second kappa shape index (κ2) is 7.61. The fraction of sp³-hybridized carbons (Fsp3) is 0.286. The van der Waals surface area contributed by atoms with Gasteiger partial charge in [-0.2, -0.15) is 4.31 Å². The van der Waals surface area contributed by atoms with Crippen molar-refractivity contribution >= 4 is 37.8 Å². The summed E-state index contributed by atoms with van der Waals surface area (Å²) in [6.45, 7) is 1.18. The molecule has 0 spiro atoms. The first-order valence-electron chi connectivity index (χ1n) is 7.59. The fourth-order valence-electron chi connectivity index (χ4n) is 2.34. The molecule has 0 aliphatic carbocycles. The molecule has 26 heavy (non-hydrogen) atoms. The maximum Gasteiger partial charge on any atom is 0.286 e. The zero-order chi connectivity index (χ0) is 18.7. The lowest BCUT2D eigenvalue weighted by Gasteiger charge is -2.25. The SMILES string of the molecule is O=C(NNC(=O)c1cc(S(=O)(=O)N2CCOCC2)c[nH]1)c1cc(Br)c[nH]1. The van der Waals surface area contributed by atoms with Gasteiger partial charge in [0, 0.05) is 30.0 Å². The number of amides is 2. The number of nitrogens with one attached hydrogen (secondary N) is 4. The van der Waals surface area contributed by atoms with Crippen LogP contribution in [0.5, 0.6) is 0 Å². The lowest BCUT2D eigenvalue weighted by atomic mass is 10.4. The number of sulfonamides is 1. The van der Waals surface area contributed by atoms with E-state index in [0.29, 0.717) is 17.7 Å². The number of H-pyrrole nitrogens is 2. The van der Waals surface area contributed by atoms with Crippen molar-refractivity contribution in [2.45, 2.75) is 4.90 Å². The van der Waals surface area contributed by atoms with Crippen molar-refractivity contribution in [3.8, 4) is 0 Å². The van der Waals surface area contributed by atoms with E-state index in [9.17, 15) is 18.0 Å². The second-order valence-corrected chi connectivity index (χ2v) is 8.26. The van der Waals surface area contributed by atoms with Gasteiger partial charge in [-0.1, -0.05) is 0 Å². The number of nitrogens with zero attached hydrogens (tertiary/aromatic N) is 1. The van der Waals surface area contributed by atoms with Crippen molar-refractivity contribution < 1.29 is 22.7 Å². The minimum atomic E-state index is -3.70. The van der Waals surface area contributed by atoms with E-state index < -0.39 is 21.8 Å². The van der Waals surface area contributed by atoms with Crippen LogP contribution in [0.25, 0.3) is 0 Å². The van der Waals surface area contributed by atoms with Crippen LogP contribution < -0.4 is 10.9 Å². The molecule has 4 N–H and O–H groups in total. The Hall–Kier alpha value is -2.15. The van der Waals surface area contributed by atoms with E-state index in [1.165, 1.54) is 16.6 Å². The average molecular weight is 446 g/mol. The smallest absolute Gasteiger partial charge is 0.286 e. The summed E-state index contributed by atoms with van der Waals surface area (Å²) in [6.07, 6.45) is 2.81. The number of carbonyl (C=O) groups excluding carboxylic acids is 2. The first-order valence-corrected chi connectivity index (χ1v) is 9.82. The van der Waals surface area contributed by atoms with Gasteiger partial charge >= 0.3 is 0 Å². The summed E-state index contributed by atoms with van der Waals surface area (Å²) < 4.78 is 32.2. The lowest BCUT2D eigenvalue weighted by molar-refractivity contribution is 0.0730. The van der Waals surface area contributed by atoms with Crippen LogP contribution in [-0.2, 0) is 14.8 Å². The van der Waals surface area contributed by atoms with Crippen molar-refractivity contribution in [3.63, 3.8) is 0 Å². The summed E-state index contributed by atoms with van der Waals surface area (Å²) >= 11 is 3.20. The van der Waals surface area contributed by atoms with Gasteiger partial charge in [0.1, 0.15) is 16.3 Å². The van der Waals surface area contributed by atoms with Crippen LogP contribution in [-0.4, -0.2) is 60.8 Å². The molecular formula is C14H16BrN5O5S. The molecule has 0 radical (unpaired) electrons. The topological polar surface area (TPSA) is 136 Å². The van der Waals surface area contributed by atoms with Crippen molar-refractivity contribution in [1.82, 2.24) is 25.1 Å². The first kappa shape index (κ1) is 18.6. The average Bonchev–Trinajstić information content (AvgIpc) is 3.30. The highest BCUT2D eigenvalue weighted by Crippen LogP contribution is 2.18. The summed E-state index contributed by atoms with van der Waals surface area (Å²) in [7, 11) is -3.70. The minimum Gasteiger partial charge on any atom is -0.379 e. The van der Waals surface area contributed by atoms with E-state index in [1.54, 1.807) is 12.3 Å². The quantitative estimate of drug-likeness (QED) is 0.498. The van der Waals surface area contributed by atoms with E-state index in [4.69, 9.17) is 4.74 Å². The molecule has 0 unspecified atom stereocenters. The van der Waals surface area contributed by atoms with Crippen LogP contribution in [0.3, 0.4) is 0 Å². The number of hydrazine groups is 1. The van der Waals surface area contributed by atoms with E-state index in [1.807, 2.05) is 0 Å². The molecule has 140 valence electrons. The predicted octanol–water partition coefficient (Wildman–Crippen LogP) is 0.201. The van der Waals surface area contributed by atoms with E-state index in [-0.39, 0.29) is 29.4 Å². The van der Waals surface area contributed by atoms with Crippen molar-refractivity contribution in [2.24, 2.45) is 0 Å². The lowest BCUT2D eigenvalue weighted by Crippen LogP contribution is -2.42. The molecule has 1 aliphatic rings. The molecule has 0 aromatic carbocycles. The van der Waals surface area contributed by atoms with Crippen molar-refractivity contribution in [3.05, 3.63) is 40.4 Å². The maximum absolute atomic E-state index is 12.5.